The van der Waals surface area contributed by atoms with E-state index in [0.29, 0.717) is 25.1 Å². The predicted molar refractivity (Wildman–Crippen MR) is 105 cm³/mol. The number of fused-ring (bicyclic) bond motifs is 1. The van der Waals surface area contributed by atoms with Gasteiger partial charge in [0, 0.05) is 30.9 Å². The molecular weight excluding hydrogens is 356 g/mol. The molecule has 1 unspecified atom stereocenters. The summed E-state index contributed by atoms with van der Waals surface area (Å²) in [5, 5.41) is 0. The normalized spacial score (nSPS) is 16.8. The van der Waals surface area contributed by atoms with Crippen molar-refractivity contribution < 1.29 is 19.1 Å². The molecule has 1 atom stereocenters. The Labute approximate surface area is 163 Å². The maximum Gasteiger partial charge on any atom is 0.338 e. The molecule has 2 amide bonds. The summed E-state index contributed by atoms with van der Waals surface area (Å²) in [6.07, 6.45) is 1.34. The maximum atomic E-state index is 12.7. The lowest BCUT2D eigenvalue weighted by Gasteiger charge is -2.22. The molecule has 0 radical (unpaired) electrons. The molecule has 144 valence electrons. The Balaban J connectivity index is 1.40. The van der Waals surface area contributed by atoms with Crippen molar-refractivity contribution in [2.24, 2.45) is 0 Å². The van der Waals surface area contributed by atoms with E-state index in [9.17, 15) is 14.4 Å². The molecule has 6 heteroatoms. The van der Waals surface area contributed by atoms with E-state index < -0.39 is 12.1 Å². The first kappa shape index (κ1) is 18.2. The lowest BCUT2D eigenvalue weighted by Crippen LogP contribution is -2.39. The van der Waals surface area contributed by atoms with Gasteiger partial charge < -0.3 is 14.5 Å². The molecule has 2 aliphatic heterocycles. The third-order valence-corrected chi connectivity index (χ3v) is 5.27. The molecule has 2 aliphatic rings. The van der Waals surface area contributed by atoms with Crippen molar-refractivity contribution in [3.63, 3.8) is 0 Å². The molecule has 28 heavy (non-hydrogen) atoms. The van der Waals surface area contributed by atoms with Gasteiger partial charge in [0.25, 0.3) is 5.91 Å². The fraction of sp³-hybridized carbons (Fsp3) is 0.318. The van der Waals surface area contributed by atoms with Crippen LogP contribution in [0.5, 0.6) is 0 Å². The Morgan fingerprint density at radius 2 is 1.75 bits per heavy atom. The number of hydrogen-bond donors (Lipinski definition) is 0. The van der Waals surface area contributed by atoms with Crippen LogP contribution in [-0.2, 0) is 20.7 Å². The maximum absolute atomic E-state index is 12.7. The SMILES string of the molecule is CC(OC(=O)c1ccc(N2CCCC2=O)cc1)C(=O)N1CCc2ccccc21. The highest BCUT2D eigenvalue weighted by Crippen LogP contribution is 2.28. The van der Waals surface area contributed by atoms with E-state index in [-0.39, 0.29) is 11.8 Å². The number of benzene rings is 2. The van der Waals surface area contributed by atoms with E-state index in [0.717, 1.165) is 29.8 Å². The van der Waals surface area contributed by atoms with Crippen molar-refractivity contribution >= 4 is 29.2 Å². The summed E-state index contributed by atoms with van der Waals surface area (Å²) in [6.45, 7) is 2.89. The number of para-hydroxylation sites is 1. The summed E-state index contributed by atoms with van der Waals surface area (Å²) in [6, 6.07) is 14.5. The van der Waals surface area contributed by atoms with Crippen LogP contribution in [-0.4, -0.2) is 37.0 Å². The average molecular weight is 378 g/mol. The Hall–Kier alpha value is -3.15. The molecule has 1 fully saturated rings. The molecule has 2 aromatic rings. The summed E-state index contributed by atoms with van der Waals surface area (Å²) < 4.78 is 5.40. The first-order valence-electron chi connectivity index (χ1n) is 9.55. The fourth-order valence-corrected chi connectivity index (χ4v) is 3.76. The summed E-state index contributed by atoms with van der Waals surface area (Å²) in [4.78, 5) is 40.4. The average Bonchev–Trinajstić information content (AvgIpc) is 3.33. The number of amides is 2. The van der Waals surface area contributed by atoms with E-state index in [1.54, 1.807) is 41.0 Å². The van der Waals surface area contributed by atoms with Crippen molar-refractivity contribution in [1.82, 2.24) is 0 Å². The smallest absolute Gasteiger partial charge is 0.338 e. The van der Waals surface area contributed by atoms with Crippen LogP contribution in [0.2, 0.25) is 0 Å². The zero-order valence-electron chi connectivity index (χ0n) is 15.8. The van der Waals surface area contributed by atoms with Crippen molar-refractivity contribution in [2.75, 3.05) is 22.9 Å². The molecular formula is C22H22N2O4. The molecule has 2 aromatic carbocycles. The minimum Gasteiger partial charge on any atom is -0.449 e. The van der Waals surface area contributed by atoms with Crippen LogP contribution in [0.15, 0.2) is 48.5 Å². The number of ether oxygens (including phenoxy) is 1. The van der Waals surface area contributed by atoms with Crippen LogP contribution in [0.4, 0.5) is 11.4 Å². The Kier molecular flexibility index (Phi) is 4.86. The molecule has 0 saturated carbocycles. The van der Waals surface area contributed by atoms with Gasteiger partial charge in [-0.05, 0) is 55.7 Å². The number of hydrogen-bond acceptors (Lipinski definition) is 4. The van der Waals surface area contributed by atoms with E-state index in [4.69, 9.17) is 4.74 Å². The van der Waals surface area contributed by atoms with Gasteiger partial charge in [-0.25, -0.2) is 4.79 Å². The van der Waals surface area contributed by atoms with E-state index in [2.05, 4.69) is 0 Å². The topological polar surface area (TPSA) is 66.9 Å². The fourth-order valence-electron chi connectivity index (χ4n) is 3.76. The highest BCUT2D eigenvalue weighted by atomic mass is 16.5. The van der Waals surface area contributed by atoms with Crippen molar-refractivity contribution in [3.05, 3.63) is 59.7 Å². The minimum absolute atomic E-state index is 0.0976. The van der Waals surface area contributed by atoms with Crippen molar-refractivity contribution in [3.8, 4) is 0 Å². The van der Waals surface area contributed by atoms with Gasteiger partial charge in [0.1, 0.15) is 0 Å². The molecule has 2 heterocycles. The predicted octanol–water partition coefficient (Wildman–Crippen LogP) is 2.95. The molecule has 0 spiro atoms. The van der Waals surface area contributed by atoms with Crippen LogP contribution in [0, 0.1) is 0 Å². The van der Waals surface area contributed by atoms with Crippen LogP contribution >= 0.6 is 0 Å². The summed E-state index contributed by atoms with van der Waals surface area (Å²) in [5.74, 6) is -0.675. The first-order valence-corrected chi connectivity index (χ1v) is 9.55. The van der Waals surface area contributed by atoms with E-state index >= 15 is 0 Å². The third kappa shape index (κ3) is 3.38. The van der Waals surface area contributed by atoms with Gasteiger partial charge in [-0.1, -0.05) is 18.2 Å². The molecule has 0 N–H and O–H groups in total. The zero-order chi connectivity index (χ0) is 19.7. The van der Waals surface area contributed by atoms with Gasteiger partial charge in [0.2, 0.25) is 5.91 Å². The second-order valence-corrected chi connectivity index (χ2v) is 7.11. The highest BCUT2D eigenvalue weighted by molar-refractivity contribution is 6.00. The lowest BCUT2D eigenvalue weighted by atomic mass is 10.2. The van der Waals surface area contributed by atoms with Crippen molar-refractivity contribution in [1.29, 1.82) is 0 Å². The Morgan fingerprint density at radius 3 is 2.46 bits per heavy atom. The Bertz CT molecular complexity index is 922. The zero-order valence-corrected chi connectivity index (χ0v) is 15.8. The monoisotopic (exact) mass is 378 g/mol. The summed E-state index contributed by atoms with van der Waals surface area (Å²) in [5.41, 5.74) is 3.14. The second-order valence-electron chi connectivity index (χ2n) is 7.11. The largest absolute Gasteiger partial charge is 0.449 e. The first-order chi connectivity index (χ1) is 13.5. The standard InChI is InChI=1S/C22H22N2O4/c1-15(21(26)24-14-12-16-5-2-3-6-19(16)24)28-22(27)17-8-10-18(11-9-17)23-13-4-7-20(23)25/h2-3,5-6,8-11,15H,4,7,12-14H2,1H3. The summed E-state index contributed by atoms with van der Waals surface area (Å²) >= 11 is 0. The van der Waals surface area contributed by atoms with Crippen LogP contribution in [0.25, 0.3) is 0 Å². The molecule has 0 aliphatic carbocycles. The van der Waals surface area contributed by atoms with Gasteiger partial charge in [-0.15, -0.1) is 0 Å². The summed E-state index contributed by atoms with van der Waals surface area (Å²) in [7, 11) is 0. The van der Waals surface area contributed by atoms with E-state index in [1.165, 1.54) is 0 Å². The van der Waals surface area contributed by atoms with Gasteiger partial charge >= 0.3 is 5.97 Å². The number of nitrogens with zero attached hydrogens (tertiary/aromatic N) is 2. The highest BCUT2D eigenvalue weighted by Gasteiger charge is 2.30. The number of esters is 1. The molecule has 0 aromatic heterocycles. The van der Waals surface area contributed by atoms with Gasteiger partial charge in [0.05, 0.1) is 5.56 Å². The molecule has 6 nitrogen and oxygen atoms in total. The van der Waals surface area contributed by atoms with E-state index in [1.807, 2.05) is 24.3 Å². The van der Waals surface area contributed by atoms with Crippen LogP contribution < -0.4 is 9.80 Å². The molecule has 0 bridgehead atoms. The number of carbonyl (C=O) groups is 3. The molecule has 1 saturated heterocycles. The lowest BCUT2D eigenvalue weighted by molar-refractivity contribution is -0.126. The Morgan fingerprint density at radius 1 is 1.00 bits per heavy atom. The number of rotatable bonds is 4. The number of carbonyl (C=O) groups excluding carboxylic acids is 3. The van der Waals surface area contributed by atoms with Crippen molar-refractivity contribution in [2.45, 2.75) is 32.3 Å². The second kappa shape index (κ2) is 7.46. The van der Waals surface area contributed by atoms with Gasteiger partial charge in [0.15, 0.2) is 6.10 Å². The molecule has 4 rings (SSSR count). The number of anilines is 2. The van der Waals surface area contributed by atoms with Crippen LogP contribution in [0.3, 0.4) is 0 Å². The van der Waals surface area contributed by atoms with Gasteiger partial charge in [-0.3, -0.25) is 9.59 Å². The minimum atomic E-state index is -0.876. The van der Waals surface area contributed by atoms with Crippen LogP contribution in [0.1, 0.15) is 35.7 Å². The van der Waals surface area contributed by atoms with Gasteiger partial charge in [-0.2, -0.15) is 0 Å². The third-order valence-electron chi connectivity index (χ3n) is 5.27. The quantitative estimate of drug-likeness (QED) is 0.767.